The number of aliphatic carboxylic acids is 2. The number of rotatable bonds is 13. The van der Waals surface area contributed by atoms with E-state index in [0.717, 1.165) is 35.1 Å². The van der Waals surface area contributed by atoms with Crippen LogP contribution in [0.3, 0.4) is 0 Å². The number of hydrogen-bond donors (Lipinski definition) is 5. The molecular weight excluding hydrogens is 718 g/mol. The standard InChI is InChI=1S/C30H32ClN7O10S2/c31-18-15(3-4-17(39)22(18)40)23(41)33-7-10-38(8-1-2-9-38)11-14-12-49-26-20(25(43)37(26)21(14)27(44)45)35-24(42)19(16-13-50-29(32)34-16)36-48-30(5-6-30)28(46)47/h3-4,13,20,26H,1-2,5-12H2,(H7-,32,33,34,35,36,39,40,41,42,44,45,46,47)/p-1/t20-,26-/m1/s1. The van der Waals surface area contributed by atoms with Crippen LogP contribution in [0.2, 0.25) is 5.02 Å². The molecule has 2 aromatic rings. The number of phenolic OH excluding ortho intramolecular Hbond substituents is 2. The van der Waals surface area contributed by atoms with Gasteiger partial charge in [-0.05, 0) is 25.0 Å². The van der Waals surface area contributed by atoms with Gasteiger partial charge in [-0.1, -0.05) is 16.8 Å². The molecular formula is C30H31ClN7O10S2-. The minimum atomic E-state index is -1.66. The molecule has 50 heavy (non-hydrogen) atoms. The number of carbonyl (C=O) groups is 5. The number of halogens is 1. The van der Waals surface area contributed by atoms with Gasteiger partial charge >= 0.3 is 0 Å². The Morgan fingerprint density at radius 1 is 1.20 bits per heavy atom. The van der Waals surface area contributed by atoms with Gasteiger partial charge in [-0.2, -0.15) is 0 Å². The van der Waals surface area contributed by atoms with Crippen LogP contribution < -0.4 is 26.6 Å². The summed E-state index contributed by atoms with van der Waals surface area (Å²) in [6.45, 7) is 2.31. The molecule has 3 aliphatic heterocycles. The highest BCUT2D eigenvalue weighted by Gasteiger charge is 2.54. The number of carbonyl (C=O) groups excluding carboxylic acids is 5. The van der Waals surface area contributed by atoms with Crippen LogP contribution in [0.5, 0.6) is 11.5 Å². The lowest BCUT2D eigenvalue weighted by atomic mass is 10.0. The maximum absolute atomic E-state index is 13.4. The van der Waals surface area contributed by atoms with E-state index in [1.165, 1.54) is 23.2 Å². The molecule has 266 valence electrons. The van der Waals surface area contributed by atoms with Gasteiger partial charge in [0.05, 0.1) is 54.4 Å². The first kappa shape index (κ1) is 35.2. The van der Waals surface area contributed by atoms with Gasteiger partial charge in [0.1, 0.15) is 23.7 Å². The third kappa shape index (κ3) is 6.64. The smallest absolute Gasteiger partial charge is 0.276 e. The summed E-state index contributed by atoms with van der Waals surface area (Å²) in [5, 5.41) is 53.0. The van der Waals surface area contributed by atoms with Crippen molar-refractivity contribution in [2.45, 2.75) is 42.7 Å². The predicted octanol–water partition coefficient (Wildman–Crippen LogP) is -1.76. The molecule has 3 fully saturated rings. The second-order valence-electron chi connectivity index (χ2n) is 12.4. The summed E-state index contributed by atoms with van der Waals surface area (Å²) in [6, 6.07) is 1.30. The monoisotopic (exact) mass is 748 g/mol. The van der Waals surface area contributed by atoms with Gasteiger partial charge in [0, 0.05) is 29.5 Å². The van der Waals surface area contributed by atoms with E-state index in [1.807, 2.05) is 0 Å². The number of phenols is 2. The number of likely N-dealkylation sites (tertiary alicyclic amines) is 1. The van der Waals surface area contributed by atoms with E-state index in [4.69, 9.17) is 22.2 Å². The maximum Gasteiger partial charge on any atom is 0.276 e. The van der Waals surface area contributed by atoms with Gasteiger partial charge in [0.25, 0.3) is 17.7 Å². The second-order valence-corrected chi connectivity index (χ2v) is 14.8. The number of anilines is 1. The van der Waals surface area contributed by atoms with Gasteiger partial charge in [-0.15, -0.1) is 23.1 Å². The molecule has 0 radical (unpaired) electrons. The highest BCUT2D eigenvalue weighted by atomic mass is 35.5. The minimum Gasteiger partial charge on any atom is -0.546 e. The van der Waals surface area contributed by atoms with Gasteiger partial charge in [0.15, 0.2) is 27.9 Å². The van der Waals surface area contributed by atoms with Crippen LogP contribution in [0.25, 0.3) is 0 Å². The highest BCUT2D eigenvalue weighted by molar-refractivity contribution is 8.00. The van der Waals surface area contributed by atoms with Gasteiger partial charge in [-0.3, -0.25) is 19.3 Å². The van der Waals surface area contributed by atoms with Crippen LogP contribution in [-0.2, 0) is 24.0 Å². The van der Waals surface area contributed by atoms with Crippen molar-refractivity contribution in [3.05, 3.63) is 45.1 Å². The van der Waals surface area contributed by atoms with E-state index in [0.29, 0.717) is 29.7 Å². The zero-order valence-corrected chi connectivity index (χ0v) is 28.6. The van der Waals surface area contributed by atoms with Gasteiger partial charge < -0.3 is 55.7 Å². The van der Waals surface area contributed by atoms with E-state index < -0.39 is 63.9 Å². The SMILES string of the molecule is Nc1nc(/C(=N/OC2(C(=O)[O-])CC2)C(=O)N[C@@H]2C(=O)N3C(C(=O)[O-])=C(C[N+]4(CCNC(=O)c5ccc(O)c(O)c5Cl)CCCC4)CS[C@H]23)cs1. The van der Waals surface area contributed by atoms with Crippen LogP contribution in [0, 0.1) is 0 Å². The molecule has 1 aromatic heterocycles. The van der Waals surface area contributed by atoms with Gasteiger partial charge in [-0.25, -0.2) is 4.98 Å². The molecule has 4 aliphatic rings. The lowest BCUT2D eigenvalue weighted by molar-refractivity contribution is -0.911. The first-order valence-electron chi connectivity index (χ1n) is 15.5. The fourth-order valence-electron chi connectivity index (χ4n) is 6.29. The molecule has 2 atom stereocenters. The number of nitrogens with two attached hydrogens (primary N) is 1. The maximum atomic E-state index is 13.4. The van der Waals surface area contributed by atoms with E-state index >= 15 is 0 Å². The molecule has 6 N–H and O–H groups in total. The van der Waals surface area contributed by atoms with Crippen molar-refractivity contribution in [1.29, 1.82) is 0 Å². The average molecular weight is 749 g/mol. The number of benzene rings is 1. The third-order valence-electron chi connectivity index (χ3n) is 9.15. The number of nitrogens with zero attached hydrogens (tertiary/aromatic N) is 4. The Hall–Kier alpha value is -4.59. The first-order valence-corrected chi connectivity index (χ1v) is 17.8. The number of nitrogens with one attached hydrogen (secondary N) is 2. The normalized spacial score (nSPS) is 22.0. The number of aromatic nitrogens is 1. The number of quaternary nitrogens is 1. The summed E-state index contributed by atoms with van der Waals surface area (Å²) in [5.41, 5.74) is 3.84. The predicted molar refractivity (Wildman–Crippen MR) is 174 cm³/mol. The van der Waals surface area contributed by atoms with Crippen molar-refractivity contribution >= 4 is 75.2 Å². The zero-order valence-electron chi connectivity index (χ0n) is 26.2. The number of amides is 3. The molecule has 0 spiro atoms. The van der Waals surface area contributed by atoms with Gasteiger partial charge in [0.2, 0.25) is 0 Å². The molecule has 1 aromatic carbocycles. The number of thiazole rings is 1. The van der Waals surface area contributed by atoms with Crippen molar-refractivity contribution in [3.8, 4) is 11.5 Å². The number of β-lactam (4-membered cyclic amide) rings is 1. The molecule has 6 rings (SSSR count). The van der Waals surface area contributed by atoms with Crippen molar-refractivity contribution in [2.75, 3.05) is 44.2 Å². The number of aromatic hydroxyl groups is 2. The molecule has 3 amide bonds. The lowest BCUT2D eigenvalue weighted by Crippen LogP contribution is -2.72. The Bertz CT molecular complexity index is 1840. The average Bonchev–Trinajstić information content (AvgIpc) is 3.54. The largest absolute Gasteiger partial charge is 0.546 e. The summed E-state index contributed by atoms with van der Waals surface area (Å²) in [5.74, 6) is -6.01. The van der Waals surface area contributed by atoms with Crippen LogP contribution in [0.15, 0.2) is 33.9 Å². The zero-order chi connectivity index (χ0) is 36.0. The fourth-order valence-corrected chi connectivity index (χ4v) is 8.42. The van der Waals surface area contributed by atoms with Crippen LogP contribution in [-0.4, -0.2) is 115 Å². The summed E-state index contributed by atoms with van der Waals surface area (Å²) in [6.07, 6.45) is 2.01. The first-order chi connectivity index (χ1) is 23.8. The molecule has 0 unspecified atom stereocenters. The topological polar surface area (TPSA) is 260 Å². The number of carboxylic acids is 2. The minimum absolute atomic E-state index is 0.00295. The van der Waals surface area contributed by atoms with Crippen molar-refractivity contribution in [1.82, 2.24) is 20.5 Å². The number of hydrogen-bond acceptors (Lipinski definition) is 15. The van der Waals surface area contributed by atoms with Crippen LogP contribution in [0.4, 0.5) is 5.13 Å². The molecule has 1 saturated carbocycles. The number of oxime groups is 1. The van der Waals surface area contributed by atoms with E-state index in [-0.39, 0.29) is 58.8 Å². The highest BCUT2D eigenvalue weighted by Crippen LogP contribution is 2.42. The third-order valence-corrected chi connectivity index (χ3v) is 11.5. The Balaban J connectivity index is 1.15. The molecule has 2 saturated heterocycles. The second kappa shape index (κ2) is 13.6. The molecule has 0 bridgehead atoms. The number of thioether (sulfide) groups is 1. The fraction of sp³-hybridized carbons (Fsp3) is 0.433. The molecule has 20 heteroatoms. The molecule has 4 heterocycles. The van der Waals surface area contributed by atoms with E-state index in [1.54, 1.807) is 0 Å². The molecule has 1 aliphatic carbocycles. The Labute approximate surface area is 297 Å². The van der Waals surface area contributed by atoms with E-state index in [2.05, 4.69) is 20.8 Å². The summed E-state index contributed by atoms with van der Waals surface area (Å²) in [4.78, 5) is 73.9. The van der Waals surface area contributed by atoms with Crippen molar-refractivity contribution < 1.29 is 53.7 Å². The summed E-state index contributed by atoms with van der Waals surface area (Å²) < 4.78 is 0.443. The molecule has 17 nitrogen and oxygen atoms in total. The van der Waals surface area contributed by atoms with Crippen molar-refractivity contribution in [3.63, 3.8) is 0 Å². The van der Waals surface area contributed by atoms with Crippen molar-refractivity contribution in [2.24, 2.45) is 5.16 Å². The summed E-state index contributed by atoms with van der Waals surface area (Å²) in [7, 11) is 0. The van der Waals surface area contributed by atoms with E-state index in [9.17, 15) is 44.4 Å². The Morgan fingerprint density at radius 2 is 1.92 bits per heavy atom. The number of fused-ring (bicyclic) bond motifs is 1. The van der Waals surface area contributed by atoms with Crippen LogP contribution in [0.1, 0.15) is 41.7 Å². The summed E-state index contributed by atoms with van der Waals surface area (Å²) >= 11 is 8.30. The number of nitrogen functional groups attached to an aromatic ring is 1. The number of carboxylic acid groups (broad SMARTS) is 2. The quantitative estimate of drug-likeness (QED) is 0.0501. The lowest BCUT2D eigenvalue weighted by Gasteiger charge is -2.51. The Kier molecular flexibility index (Phi) is 9.59. The van der Waals surface area contributed by atoms with Crippen LogP contribution >= 0.6 is 34.7 Å². The Morgan fingerprint density at radius 3 is 2.54 bits per heavy atom.